The lowest BCUT2D eigenvalue weighted by molar-refractivity contribution is 0.1000. The molecule has 0 unspecified atom stereocenters. The number of benzene rings is 2. The van der Waals surface area contributed by atoms with Crippen molar-refractivity contribution < 1.29 is 9.18 Å². The van der Waals surface area contributed by atoms with Crippen LogP contribution in [0.4, 0.5) is 4.39 Å². The van der Waals surface area contributed by atoms with Gasteiger partial charge in [-0.25, -0.2) is 4.39 Å². The summed E-state index contributed by atoms with van der Waals surface area (Å²) in [6.45, 7) is 4.64. The van der Waals surface area contributed by atoms with Crippen molar-refractivity contribution in [3.8, 4) is 11.1 Å². The van der Waals surface area contributed by atoms with Gasteiger partial charge in [0, 0.05) is 23.5 Å². The Labute approximate surface area is 146 Å². The van der Waals surface area contributed by atoms with Crippen molar-refractivity contribution in [2.24, 2.45) is 5.73 Å². The van der Waals surface area contributed by atoms with E-state index in [0.29, 0.717) is 5.56 Å². The Hall–Kier alpha value is -2.88. The molecule has 128 valence electrons. The first-order chi connectivity index (χ1) is 12.0. The molecule has 0 radical (unpaired) electrons. The quantitative estimate of drug-likeness (QED) is 0.744. The molecule has 0 fully saturated rings. The molecule has 2 aromatic carbocycles. The van der Waals surface area contributed by atoms with Crippen LogP contribution in [-0.2, 0) is 13.0 Å². The number of hydrogen-bond acceptors (Lipinski definition) is 1. The SMILES string of the molecule is Cc1c(C(N)=O)c(-c2ccc(F)cc2)c(C)n1CCc1ccccc1. The van der Waals surface area contributed by atoms with Crippen LogP contribution in [0, 0.1) is 19.7 Å². The normalized spacial score (nSPS) is 10.8. The van der Waals surface area contributed by atoms with Crippen LogP contribution in [0.25, 0.3) is 11.1 Å². The van der Waals surface area contributed by atoms with Crippen LogP contribution in [-0.4, -0.2) is 10.5 Å². The molecule has 0 aliphatic carbocycles. The Morgan fingerprint density at radius 2 is 1.64 bits per heavy atom. The molecule has 1 aromatic heterocycles. The van der Waals surface area contributed by atoms with Crippen molar-refractivity contribution in [2.75, 3.05) is 0 Å². The second-order valence-corrected chi connectivity index (χ2v) is 6.18. The van der Waals surface area contributed by atoms with Gasteiger partial charge in [-0.3, -0.25) is 4.79 Å². The number of amides is 1. The molecule has 0 aliphatic heterocycles. The van der Waals surface area contributed by atoms with E-state index >= 15 is 0 Å². The van der Waals surface area contributed by atoms with E-state index in [-0.39, 0.29) is 5.82 Å². The molecule has 0 saturated carbocycles. The molecule has 1 heterocycles. The van der Waals surface area contributed by atoms with Crippen molar-refractivity contribution in [3.63, 3.8) is 0 Å². The highest BCUT2D eigenvalue weighted by molar-refractivity contribution is 6.02. The molecule has 0 spiro atoms. The number of carbonyl (C=O) groups is 1. The molecule has 3 aromatic rings. The Bertz CT molecular complexity index is 896. The van der Waals surface area contributed by atoms with E-state index in [2.05, 4.69) is 16.7 Å². The van der Waals surface area contributed by atoms with Gasteiger partial charge in [0.15, 0.2) is 0 Å². The van der Waals surface area contributed by atoms with Gasteiger partial charge in [0.1, 0.15) is 5.82 Å². The van der Waals surface area contributed by atoms with Crippen LogP contribution >= 0.6 is 0 Å². The summed E-state index contributed by atoms with van der Waals surface area (Å²) < 4.78 is 15.4. The predicted octanol–water partition coefficient (Wildman–Crippen LogP) is 4.25. The van der Waals surface area contributed by atoms with Gasteiger partial charge in [0.05, 0.1) is 5.56 Å². The van der Waals surface area contributed by atoms with Crippen LogP contribution in [0.15, 0.2) is 54.6 Å². The van der Waals surface area contributed by atoms with Gasteiger partial charge in [-0.05, 0) is 43.5 Å². The maximum absolute atomic E-state index is 13.3. The average Bonchev–Trinajstić information content (AvgIpc) is 2.85. The summed E-state index contributed by atoms with van der Waals surface area (Å²) in [6, 6.07) is 16.4. The monoisotopic (exact) mass is 336 g/mol. The van der Waals surface area contributed by atoms with Gasteiger partial charge < -0.3 is 10.3 Å². The van der Waals surface area contributed by atoms with Crippen molar-refractivity contribution >= 4 is 5.91 Å². The zero-order valence-electron chi connectivity index (χ0n) is 14.4. The molecule has 0 aliphatic rings. The lowest BCUT2D eigenvalue weighted by Gasteiger charge is -2.10. The number of aromatic nitrogens is 1. The standard InChI is InChI=1S/C21H21FN2O/c1-14-19(17-8-10-18(22)11-9-17)20(21(23)25)15(2)24(14)13-12-16-6-4-3-5-7-16/h3-11H,12-13H2,1-2H3,(H2,23,25). The van der Waals surface area contributed by atoms with E-state index in [1.807, 2.05) is 32.0 Å². The molecule has 1 amide bonds. The zero-order chi connectivity index (χ0) is 18.0. The summed E-state index contributed by atoms with van der Waals surface area (Å²) in [5.41, 5.74) is 10.8. The Morgan fingerprint density at radius 3 is 2.24 bits per heavy atom. The number of halogens is 1. The lowest BCUT2D eigenvalue weighted by Crippen LogP contribution is -2.13. The van der Waals surface area contributed by atoms with Crippen LogP contribution in [0.2, 0.25) is 0 Å². The fraction of sp³-hybridized carbons (Fsp3) is 0.190. The van der Waals surface area contributed by atoms with E-state index in [1.165, 1.54) is 17.7 Å². The minimum absolute atomic E-state index is 0.303. The van der Waals surface area contributed by atoms with Crippen molar-refractivity contribution in [1.29, 1.82) is 0 Å². The van der Waals surface area contributed by atoms with Crippen molar-refractivity contribution in [2.45, 2.75) is 26.8 Å². The number of carbonyl (C=O) groups excluding carboxylic acids is 1. The number of nitrogens with zero attached hydrogens (tertiary/aromatic N) is 1. The summed E-state index contributed by atoms with van der Waals surface area (Å²) in [4.78, 5) is 12.1. The van der Waals surface area contributed by atoms with Crippen LogP contribution in [0.3, 0.4) is 0 Å². The first kappa shape index (κ1) is 17.0. The maximum atomic E-state index is 13.3. The summed E-state index contributed by atoms with van der Waals surface area (Å²) in [5, 5.41) is 0. The fourth-order valence-electron chi connectivity index (χ4n) is 3.38. The molecule has 0 saturated heterocycles. The summed E-state index contributed by atoms with van der Waals surface area (Å²) in [7, 11) is 0. The highest BCUT2D eigenvalue weighted by Crippen LogP contribution is 2.32. The minimum atomic E-state index is -0.460. The third kappa shape index (κ3) is 3.33. The van der Waals surface area contributed by atoms with Gasteiger partial charge in [-0.2, -0.15) is 0 Å². The molecule has 3 nitrogen and oxygen atoms in total. The van der Waals surface area contributed by atoms with E-state index < -0.39 is 5.91 Å². The van der Waals surface area contributed by atoms with Gasteiger partial charge >= 0.3 is 0 Å². The van der Waals surface area contributed by atoms with Crippen molar-refractivity contribution in [3.05, 3.63) is 82.9 Å². The second kappa shape index (κ2) is 6.93. The maximum Gasteiger partial charge on any atom is 0.251 e. The molecule has 25 heavy (non-hydrogen) atoms. The van der Waals surface area contributed by atoms with Crippen LogP contribution in [0.5, 0.6) is 0 Å². The summed E-state index contributed by atoms with van der Waals surface area (Å²) in [6.07, 6.45) is 0.859. The lowest BCUT2D eigenvalue weighted by atomic mass is 10.00. The third-order valence-electron chi connectivity index (χ3n) is 4.63. The smallest absolute Gasteiger partial charge is 0.251 e. The van der Waals surface area contributed by atoms with Crippen LogP contribution in [0.1, 0.15) is 27.3 Å². The van der Waals surface area contributed by atoms with Gasteiger partial charge in [-0.15, -0.1) is 0 Å². The van der Waals surface area contributed by atoms with Gasteiger partial charge in [-0.1, -0.05) is 42.5 Å². The number of aryl methyl sites for hydroxylation is 1. The number of nitrogens with two attached hydrogens (primary N) is 1. The van der Waals surface area contributed by atoms with Crippen LogP contribution < -0.4 is 5.73 Å². The fourth-order valence-corrected chi connectivity index (χ4v) is 3.38. The zero-order valence-corrected chi connectivity index (χ0v) is 14.4. The van der Waals surface area contributed by atoms with E-state index in [0.717, 1.165) is 35.5 Å². The largest absolute Gasteiger partial charge is 0.366 e. The third-order valence-corrected chi connectivity index (χ3v) is 4.63. The van der Waals surface area contributed by atoms with Gasteiger partial charge in [0.25, 0.3) is 5.91 Å². The molecule has 0 bridgehead atoms. The second-order valence-electron chi connectivity index (χ2n) is 6.18. The average molecular weight is 336 g/mol. The highest BCUT2D eigenvalue weighted by atomic mass is 19.1. The van der Waals surface area contributed by atoms with Gasteiger partial charge in [0.2, 0.25) is 0 Å². The molecule has 2 N–H and O–H groups in total. The Morgan fingerprint density at radius 1 is 1.00 bits per heavy atom. The molecular weight excluding hydrogens is 315 g/mol. The highest BCUT2D eigenvalue weighted by Gasteiger charge is 2.22. The molecule has 0 atom stereocenters. The molecule has 3 rings (SSSR count). The molecule has 4 heteroatoms. The Balaban J connectivity index is 2.03. The summed E-state index contributed by atoms with van der Waals surface area (Å²) in [5.74, 6) is -0.763. The minimum Gasteiger partial charge on any atom is -0.366 e. The number of primary amides is 1. The van der Waals surface area contributed by atoms with E-state index in [9.17, 15) is 9.18 Å². The first-order valence-corrected chi connectivity index (χ1v) is 8.28. The number of rotatable bonds is 5. The number of hydrogen-bond donors (Lipinski definition) is 1. The first-order valence-electron chi connectivity index (χ1n) is 8.28. The summed E-state index contributed by atoms with van der Waals surface area (Å²) >= 11 is 0. The van der Waals surface area contributed by atoms with E-state index in [1.54, 1.807) is 12.1 Å². The molecular formula is C21H21FN2O. The van der Waals surface area contributed by atoms with Crippen molar-refractivity contribution in [1.82, 2.24) is 4.57 Å². The Kier molecular flexibility index (Phi) is 4.70. The predicted molar refractivity (Wildman–Crippen MR) is 98.0 cm³/mol. The van der Waals surface area contributed by atoms with E-state index in [4.69, 9.17) is 5.73 Å². The topological polar surface area (TPSA) is 48.0 Å².